The molecule has 2 rings (SSSR count). The summed E-state index contributed by atoms with van der Waals surface area (Å²) in [6.45, 7) is 6.07. The number of benzene rings is 1. The molecule has 1 heterocycles. The summed E-state index contributed by atoms with van der Waals surface area (Å²) in [5, 5.41) is 11.7. The Balaban J connectivity index is 2.54. The molecule has 0 fully saturated rings. The molecule has 0 N–H and O–H groups in total. The van der Waals surface area contributed by atoms with Crippen molar-refractivity contribution in [3.63, 3.8) is 0 Å². The Morgan fingerprint density at radius 1 is 1.32 bits per heavy atom. The molecule has 0 atom stereocenters. The predicted molar refractivity (Wildman–Crippen MR) is 109 cm³/mol. The van der Waals surface area contributed by atoms with Gasteiger partial charge in [-0.05, 0) is 34.9 Å². The van der Waals surface area contributed by atoms with Gasteiger partial charge in [0.1, 0.15) is 5.56 Å². The van der Waals surface area contributed by atoms with Crippen molar-refractivity contribution in [3.05, 3.63) is 45.6 Å². The number of thioether (sulfide) groups is 1. The average molecular weight is 404 g/mol. The van der Waals surface area contributed by atoms with E-state index in [1.54, 1.807) is 32.9 Å². The number of carbonyl (C=O) groups excluding carboxylic acids is 1. The number of nitrogens with zero attached hydrogens (tertiary/aromatic N) is 4. The Morgan fingerprint density at radius 3 is 2.64 bits per heavy atom. The fraction of sp³-hybridized carbons (Fsp3) is 0.421. The van der Waals surface area contributed by atoms with Gasteiger partial charge in [-0.15, -0.1) is 0 Å². The number of ether oxygens (including phenoxy) is 1. The molecule has 150 valence electrons. The van der Waals surface area contributed by atoms with E-state index < -0.39 is 10.9 Å². The molecule has 0 saturated heterocycles. The summed E-state index contributed by atoms with van der Waals surface area (Å²) in [5.41, 5.74) is 1.46. The summed E-state index contributed by atoms with van der Waals surface area (Å²) in [4.78, 5) is 34.4. The van der Waals surface area contributed by atoms with Gasteiger partial charge in [-0.3, -0.25) is 10.1 Å². The van der Waals surface area contributed by atoms with Gasteiger partial charge in [0.05, 0.1) is 22.4 Å². The van der Waals surface area contributed by atoms with Gasteiger partial charge < -0.3 is 9.64 Å². The lowest BCUT2D eigenvalue weighted by molar-refractivity contribution is -0.384. The monoisotopic (exact) mass is 404 g/mol. The topological polar surface area (TPSA) is 98.5 Å². The van der Waals surface area contributed by atoms with E-state index in [-0.39, 0.29) is 17.4 Å². The van der Waals surface area contributed by atoms with Crippen molar-refractivity contribution in [1.29, 1.82) is 0 Å². The van der Waals surface area contributed by atoms with Crippen LogP contribution in [0.4, 0.5) is 5.69 Å². The van der Waals surface area contributed by atoms with E-state index in [0.717, 1.165) is 12.3 Å². The Labute approximate surface area is 168 Å². The van der Waals surface area contributed by atoms with Gasteiger partial charge in [0.2, 0.25) is 0 Å². The van der Waals surface area contributed by atoms with Crippen LogP contribution in [0.2, 0.25) is 0 Å². The van der Waals surface area contributed by atoms with Gasteiger partial charge in [0, 0.05) is 30.0 Å². The molecule has 28 heavy (non-hydrogen) atoms. The van der Waals surface area contributed by atoms with E-state index in [0.29, 0.717) is 22.1 Å². The molecule has 0 spiro atoms. The maximum absolute atomic E-state index is 12.7. The van der Waals surface area contributed by atoms with Crippen molar-refractivity contribution in [2.75, 3.05) is 26.4 Å². The van der Waals surface area contributed by atoms with Crippen LogP contribution < -0.4 is 0 Å². The number of aromatic nitrogens is 2. The second-order valence-corrected chi connectivity index (χ2v) is 7.79. The Bertz CT molecular complexity index is 871. The first-order chi connectivity index (χ1) is 13.2. The van der Waals surface area contributed by atoms with E-state index in [9.17, 15) is 14.9 Å². The van der Waals surface area contributed by atoms with Crippen LogP contribution in [0.5, 0.6) is 0 Å². The minimum absolute atomic E-state index is 0.0706. The molecule has 0 aliphatic rings. The van der Waals surface area contributed by atoms with Crippen molar-refractivity contribution in [3.8, 4) is 11.3 Å². The number of nitro benzene ring substituents is 1. The van der Waals surface area contributed by atoms with Crippen molar-refractivity contribution >= 4 is 23.4 Å². The summed E-state index contributed by atoms with van der Waals surface area (Å²) >= 11 is 1.47. The standard InChI is InChI=1S/C19H24N4O4S/c1-12(2)27-18(24)16-13(3)20-19(28-10-9-22(4)5)21-17(16)14-7-6-8-15(11-14)23(25)26/h6-8,11-12H,9-10H2,1-5H3. The second-order valence-electron chi connectivity index (χ2n) is 6.73. The van der Waals surface area contributed by atoms with Crippen molar-refractivity contribution in [2.24, 2.45) is 0 Å². The highest BCUT2D eigenvalue weighted by Crippen LogP contribution is 2.29. The number of hydrogen-bond donors (Lipinski definition) is 0. The second kappa shape index (κ2) is 9.61. The van der Waals surface area contributed by atoms with E-state index in [1.807, 2.05) is 14.1 Å². The smallest absolute Gasteiger partial charge is 0.342 e. The van der Waals surface area contributed by atoms with Crippen molar-refractivity contribution in [1.82, 2.24) is 14.9 Å². The molecule has 0 saturated carbocycles. The van der Waals surface area contributed by atoms with Crippen LogP contribution in [-0.2, 0) is 4.74 Å². The number of rotatable bonds is 8. The van der Waals surface area contributed by atoms with E-state index in [1.165, 1.54) is 23.9 Å². The maximum atomic E-state index is 12.7. The number of esters is 1. The molecule has 8 nitrogen and oxygen atoms in total. The SMILES string of the molecule is Cc1nc(SCCN(C)C)nc(-c2cccc([N+](=O)[O-])c2)c1C(=O)OC(C)C. The van der Waals surface area contributed by atoms with Crippen LogP contribution in [0.25, 0.3) is 11.3 Å². The number of hydrogen-bond acceptors (Lipinski definition) is 8. The fourth-order valence-corrected chi connectivity index (χ4v) is 3.42. The molecule has 0 aliphatic heterocycles. The van der Waals surface area contributed by atoms with E-state index >= 15 is 0 Å². The third-order valence-electron chi connectivity index (χ3n) is 3.72. The minimum Gasteiger partial charge on any atom is -0.459 e. The molecule has 0 amide bonds. The van der Waals surface area contributed by atoms with E-state index in [2.05, 4.69) is 14.9 Å². The Hall–Kier alpha value is -2.52. The van der Waals surface area contributed by atoms with Crippen LogP contribution in [-0.4, -0.2) is 58.3 Å². The zero-order valence-electron chi connectivity index (χ0n) is 16.6. The van der Waals surface area contributed by atoms with Gasteiger partial charge >= 0.3 is 5.97 Å². The summed E-state index contributed by atoms with van der Waals surface area (Å²) < 4.78 is 5.34. The third kappa shape index (κ3) is 5.74. The number of non-ortho nitro benzene ring substituents is 1. The summed E-state index contributed by atoms with van der Waals surface area (Å²) in [5.74, 6) is 0.232. The Kier molecular flexibility index (Phi) is 7.47. The van der Waals surface area contributed by atoms with Gasteiger partial charge in [-0.25, -0.2) is 14.8 Å². The largest absolute Gasteiger partial charge is 0.459 e. The van der Waals surface area contributed by atoms with Crippen molar-refractivity contribution < 1.29 is 14.5 Å². The highest BCUT2D eigenvalue weighted by atomic mass is 32.2. The predicted octanol–water partition coefficient (Wildman–Crippen LogP) is 3.58. The van der Waals surface area contributed by atoms with Gasteiger partial charge in [0.15, 0.2) is 5.16 Å². The first kappa shape index (κ1) is 21.8. The van der Waals surface area contributed by atoms with Crippen LogP contribution in [0, 0.1) is 17.0 Å². The summed E-state index contributed by atoms with van der Waals surface area (Å²) in [6.07, 6.45) is -0.306. The van der Waals surface area contributed by atoms with Gasteiger partial charge in [-0.1, -0.05) is 23.9 Å². The molecule has 0 radical (unpaired) electrons. The van der Waals surface area contributed by atoms with Crippen LogP contribution in [0.1, 0.15) is 29.9 Å². The summed E-state index contributed by atoms with van der Waals surface area (Å²) in [6, 6.07) is 6.06. The zero-order chi connectivity index (χ0) is 20.8. The van der Waals surface area contributed by atoms with Crippen LogP contribution >= 0.6 is 11.8 Å². The average Bonchev–Trinajstić information content (AvgIpc) is 2.60. The van der Waals surface area contributed by atoms with Crippen LogP contribution in [0.3, 0.4) is 0 Å². The van der Waals surface area contributed by atoms with Crippen LogP contribution in [0.15, 0.2) is 29.4 Å². The first-order valence-electron chi connectivity index (χ1n) is 8.81. The molecule has 0 aliphatic carbocycles. The van der Waals surface area contributed by atoms with Gasteiger partial charge in [-0.2, -0.15) is 0 Å². The summed E-state index contributed by atoms with van der Waals surface area (Å²) in [7, 11) is 3.96. The molecule has 0 unspecified atom stereocenters. The minimum atomic E-state index is -0.543. The molecule has 1 aromatic carbocycles. The Morgan fingerprint density at radius 2 is 2.04 bits per heavy atom. The van der Waals surface area contributed by atoms with Crippen molar-refractivity contribution in [2.45, 2.75) is 32.0 Å². The normalized spacial score (nSPS) is 11.1. The number of nitro groups is 1. The lowest BCUT2D eigenvalue weighted by Crippen LogP contribution is -2.17. The molecule has 9 heteroatoms. The quantitative estimate of drug-likeness (QED) is 0.216. The first-order valence-corrected chi connectivity index (χ1v) is 9.79. The molecule has 2 aromatic rings. The lowest BCUT2D eigenvalue weighted by Gasteiger charge is -2.15. The molecular formula is C19H24N4O4S. The number of aryl methyl sites for hydroxylation is 1. The molecule has 0 bridgehead atoms. The highest BCUT2D eigenvalue weighted by Gasteiger charge is 2.23. The van der Waals surface area contributed by atoms with Gasteiger partial charge in [0.25, 0.3) is 5.69 Å². The lowest BCUT2D eigenvalue weighted by atomic mass is 10.0. The molecule has 1 aromatic heterocycles. The number of carbonyl (C=O) groups is 1. The zero-order valence-corrected chi connectivity index (χ0v) is 17.4. The maximum Gasteiger partial charge on any atom is 0.342 e. The van der Waals surface area contributed by atoms with E-state index in [4.69, 9.17) is 4.74 Å². The fourth-order valence-electron chi connectivity index (χ4n) is 2.42. The third-order valence-corrected chi connectivity index (χ3v) is 4.54. The highest BCUT2D eigenvalue weighted by molar-refractivity contribution is 7.99. The molecular weight excluding hydrogens is 380 g/mol.